The summed E-state index contributed by atoms with van der Waals surface area (Å²) in [5, 5.41) is 2.21. The van der Waals surface area contributed by atoms with E-state index in [1.165, 1.54) is 32.2 Å². The second-order valence-electron chi connectivity index (χ2n) is 16.9. The van der Waals surface area contributed by atoms with Crippen molar-refractivity contribution in [2.24, 2.45) is 5.92 Å². The van der Waals surface area contributed by atoms with Gasteiger partial charge in [0.2, 0.25) is 0 Å². The molecule has 5 aromatic carbocycles. The molecule has 56 heavy (non-hydrogen) atoms. The average Bonchev–Trinajstić information content (AvgIpc) is 3.56. The van der Waals surface area contributed by atoms with Crippen LogP contribution in [0.4, 0.5) is 0 Å². The molecular weight excluding hydrogens is 921 g/mol. The number of rotatable bonds is 7. The molecule has 0 saturated heterocycles. The molecule has 0 atom stereocenters. The first kappa shape index (κ1) is 41.0. The van der Waals surface area contributed by atoms with E-state index in [2.05, 4.69) is 190 Å². The summed E-state index contributed by atoms with van der Waals surface area (Å²) < 4.78 is 7.80. The molecular formula is C51H50GeIrN2O-2. The van der Waals surface area contributed by atoms with E-state index < -0.39 is 13.3 Å². The summed E-state index contributed by atoms with van der Waals surface area (Å²) in [6.07, 6.45) is 5.01. The molecule has 8 aromatic rings. The van der Waals surface area contributed by atoms with Crippen LogP contribution < -0.4 is 4.40 Å². The summed E-state index contributed by atoms with van der Waals surface area (Å²) in [6, 6.07) is 51.3. The SMILES string of the molecule is CC(C)(C)c1ccnc(-c2[c-]ccc3c2oc2cc(-c4ccccc4)ccc23)c1.CC(C)Cc1cc(-c2cc[c]([Ge]([CH3])([CH3])[CH3])cn2)[c-]cc1-c1ccccc1.[Ir]. The largest absolute Gasteiger partial charge is 0 e. The predicted molar refractivity (Wildman–Crippen MR) is 235 cm³/mol. The van der Waals surface area contributed by atoms with Gasteiger partial charge in [0.25, 0.3) is 0 Å². The fraction of sp³-hybridized carbons (Fsp3) is 0.216. The first-order valence-electron chi connectivity index (χ1n) is 19.3. The quantitative estimate of drug-likeness (QED) is 0.118. The van der Waals surface area contributed by atoms with Gasteiger partial charge in [-0.15, -0.1) is 18.2 Å². The Kier molecular flexibility index (Phi) is 12.6. The Hall–Kier alpha value is -4.61. The summed E-state index contributed by atoms with van der Waals surface area (Å²) in [5.74, 6) is 7.81. The Balaban J connectivity index is 0.000000188. The third-order valence-corrected chi connectivity index (χ3v) is 14.3. The van der Waals surface area contributed by atoms with Crippen LogP contribution in [0.3, 0.4) is 0 Å². The van der Waals surface area contributed by atoms with Crippen molar-refractivity contribution in [3.05, 3.63) is 163 Å². The van der Waals surface area contributed by atoms with E-state index in [1.807, 2.05) is 18.3 Å². The topological polar surface area (TPSA) is 38.9 Å². The number of nitrogens with zero attached hydrogens (tertiary/aromatic N) is 2. The Labute approximate surface area is 349 Å². The van der Waals surface area contributed by atoms with Crippen LogP contribution in [0, 0.1) is 18.1 Å². The van der Waals surface area contributed by atoms with Crippen LogP contribution in [0.25, 0.3) is 66.7 Å². The second kappa shape index (κ2) is 17.3. The number of pyridine rings is 2. The normalized spacial score (nSPS) is 11.7. The zero-order valence-corrected chi connectivity index (χ0v) is 38.2. The van der Waals surface area contributed by atoms with E-state index in [4.69, 9.17) is 9.40 Å². The standard InChI is InChI=1S/C27H22NO.C24H28GeN.Ir/c1-27(2,3)20-14-15-28-24(17-20)23-11-7-10-22-21-13-12-19(16-25(21)29-26(22)23)18-8-5-4-6-9-18;1-18(2)15-21-16-20(11-13-23(21)19-9-7-6-8-10-19)24-14-12-22(17-26-24)25(3,4)5;/h4-10,12-17H,1-3H3;6-10,12-14,16-18H,15H2,1-5H3;/q2*-1;. The van der Waals surface area contributed by atoms with E-state index in [0.29, 0.717) is 5.92 Å². The summed E-state index contributed by atoms with van der Waals surface area (Å²) in [4.78, 5) is 9.37. The molecule has 0 aliphatic carbocycles. The van der Waals surface area contributed by atoms with Crippen molar-refractivity contribution in [3.8, 4) is 44.8 Å². The molecule has 0 aliphatic heterocycles. The molecule has 0 fully saturated rings. The maximum atomic E-state index is 6.35. The van der Waals surface area contributed by atoms with E-state index in [-0.39, 0.29) is 25.5 Å². The van der Waals surface area contributed by atoms with Crippen molar-refractivity contribution in [1.82, 2.24) is 9.97 Å². The van der Waals surface area contributed by atoms with Crippen LogP contribution in [0.1, 0.15) is 45.7 Å². The van der Waals surface area contributed by atoms with Crippen molar-refractivity contribution >= 4 is 39.6 Å². The van der Waals surface area contributed by atoms with Gasteiger partial charge >= 0.3 is 161 Å². The molecule has 0 amide bonds. The Morgan fingerprint density at radius 2 is 1.41 bits per heavy atom. The maximum Gasteiger partial charge on any atom is 0 e. The first-order valence-corrected chi connectivity index (χ1v) is 26.7. The molecule has 0 aliphatic rings. The fourth-order valence-corrected chi connectivity index (χ4v) is 9.12. The minimum absolute atomic E-state index is 0. The van der Waals surface area contributed by atoms with Crippen LogP contribution in [-0.4, -0.2) is 23.2 Å². The smallest absolute Gasteiger partial charge is 0 e. The van der Waals surface area contributed by atoms with Crippen molar-refractivity contribution in [2.45, 2.75) is 63.7 Å². The molecule has 0 bridgehead atoms. The van der Waals surface area contributed by atoms with Gasteiger partial charge in [-0.05, 0) is 39.9 Å². The predicted octanol–water partition coefficient (Wildman–Crippen LogP) is 13.4. The number of aromatic nitrogens is 2. The number of furan rings is 1. The molecule has 285 valence electrons. The molecule has 3 aromatic heterocycles. The monoisotopic (exact) mass is 973 g/mol. The number of fused-ring (bicyclic) bond motifs is 3. The van der Waals surface area contributed by atoms with Crippen LogP contribution in [0.15, 0.2) is 144 Å². The van der Waals surface area contributed by atoms with Gasteiger partial charge in [0.1, 0.15) is 5.58 Å². The van der Waals surface area contributed by atoms with Crippen molar-refractivity contribution in [2.75, 3.05) is 0 Å². The van der Waals surface area contributed by atoms with Crippen molar-refractivity contribution in [3.63, 3.8) is 0 Å². The van der Waals surface area contributed by atoms with Gasteiger partial charge in [0.05, 0.1) is 5.58 Å². The third kappa shape index (κ3) is 9.32. The fourth-order valence-electron chi connectivity index (χ4n) is 6.95. The molecule has 3 nitrogen and oxygen atoms in total. The van der Waals surface area contributed by atoms with Gasteiger partial charge < -0.3 is 9.40 Å². The van der Waals surface area contributed by atoms with E-state index in [1.54, 1.807) is 0 Å². The van der Waals surface area contributed by atoms with Crippen LogP contribution in [0.2, 0.25) is 17.3 Å². The van der Waals surface area contributed by atoms with Crippen LogP contribution >= 0.6 is 0 Å². The van der Waals surface area contributed by atoms with E-state index in [9.17, 15) is 0 Å². The van der Waals surface area contributed by atoms with E-state index >= 15 is 0 Å². The Morgan fingerprint density at radius 1 is 0.696 bits per heavy atom. The number of benzene rings is 5. The van der Waals surface area contributed by atoms with Gasteiger partial charge in [-0.1, -0.05) is 80.3 Å². The summed E-state index contributed by atoms with van der Waals surface area (Å²) in [6.45, 7) is 11.2. The minimum atomic E-state index is -1.82. The molecule has 3 heterocycles. The maximum absolute atomic E-state index is 6.35. The first-order chi connectivity index (χ1) is 26.3. The van der Waals surface area contributed by atoms with E-state index in [0.717, 1.165) is 56.4 Å². The number of hydrogen-bond donors (Lipinski definition) is 0. The molecule has 0 unspecified atom stereocenters. The van der Waals surface area contributed by atoms with Crippen molar-refractivity contribution in [1.29, 1.82) is 0 Å². The van der Waals surface area contributed by atoms with Gasteiger partial charge in [-0.25, -0.2) is 0 Å². The zero-order chi connectivity index (χ0) is 38.7. The van der Waals surface area contributed by atoms with Gasteiger partial charge in [0, 0.05) is 31.7 Å². The minimum Gasteiger partial charge on any atom is 0 e. The Morgan fingerprint density at radius 3 is 2.05 bits per heavy atom. The summed E-state index contributed by atoms with van der Waals surface area (Å²) in [5.41, 5.74) is 13.2. The molecule has 5 heteroatoms. The molecule has 8 rings (SSSR count). The zero-order valence-electron chi connectivity index (χ0n) is 33.7. The van der Waals surface area contributed by atoms with Crippen LogP contribution in [-0.2, 0) is 31.9 Å². The van der Waals surface area contributed by atoms with Gasteiger partial charge in [0.15, 0.2) is 0 Å². The Bertz CT molecular complexity index is 2550. The van der Waals surface area contributed by atoms with Gasteiger partial charge in [-0.2, -0.15) is 0 Å². The molecule has 0 N–H and O–H groups in total. The second-order valence-corrected chi connectivity index (χ2v) is 27.5. The summed E-state index contributed by atoms with van der Waals surface area (Å²) >= 11 is -1.82. The molecule has 1 radical (unpaired) electrons. The molecule has 0 saturated carbocycles. The average molecular weight is 972 g/mol. The summed E-state index contributed by atoms with van der Waals surface area (Å²) in [7, 11) is 0. The van der Waals surface area contributed by atoms with Crippen molar-refractivity contribution < 1.29 is 24.5 Å². The number of hydrogen-bond acceptors (Lipinski definition) is 3. The molecule has 0 spiro atoms. The van der Waals surface area contributed by atoms with Gasteiger partial charge in [-0.3, -0.25) is 0 Å². The third-order valence-electron chi connectivity index (χ3n) is 10.1. The van der Waals surface area contributed by atoms with Crippen LogP contribution in [0.5, 0.6) is 0 Å².